The van der Waals surface area contributed by atoms with E-state index in [2.05, 4.69) is 0 Å². The summed E-state index contributed by atoms with van der Waals surface area (Å²) in [5, 5.41) is 0. The van der Waals surface area contributed by atoms with Crippen molar-refractivity contribution in [3.63, 3.8) is 0 Å². The molecule has 2 atom stereocenters. The zero-order chi connectivity index (χ0) is 16.3. The van der Waals surface area contributed by atoms with Crippen LogP contribution >= 0.6 is 0 Å². The molecular formula is C16H17F3O3. The summed E-state index contributed by atoms with van der Waals surface area (Å²) in [7, 11) is 0. The molecule has 0 aromatic heterocycles. The van der Waals surface area contributed by atoms with Crippen molar-refractivity contribution in [1.29, 1.82) is 0 Å². The summed E-state index contributed by atoms with van der Waals surface area (Å²) in [6.45, 7) is 1.98. The van der Waals surface area contributed by atoms with Gasteiger partial charge in [-0.2, -0.15) is 13.2 Å². The normalized spacial score (nSPS) is 20.5. The van der Waals surface area contributed by atoms with Crippen LogP contribution in [0.1, 0.15) is 30.9 Å². The Kier molecular flexibility index (Phi) is 4.88. The van der Waals surface area contributed by atoms with Gasteiger partial charge in [-0.15, -0.1) is 0 Å². The molecule has 1 aromatic rings. The zero-order valence-electron chi connectivity index (χ0n) is 12.2. The summed E-state index contributed by atoms with van der Waals surface area (Å²) < 4.78 is 42.6. The van der Waals surface area contributed by atoms with Crippen molar-refractivity contribution >= 4 is 11.8 Å². The predicted molar refractivity (Wildman–Crippen MR) is 73.0 cm³/mol. The Balaban J connectivity index is 1.86. The molecule has 0 unspecified atom stereocenters. The van der Waals surface area contributed by atoms with Crippen molar-refractivity contribution in [1.82, 2.24) is 0 Å². The molecule has 1 aliphatic rings. The summed E-state index contributed by atoms with van der Waals surface area (Å²) >= 11 is 0. The molecule has 0 N–H and O–H groups in total. The van der Waals surface area contributed by atoms with Gasteiger partial charge in [-0.25, -0.2) is 0 Å². The van der Waals surface area contributed by atoms with E-state index >= 15 is 0 Å². The topological polar surface area (TPSA) is 43.4 Å². The highest BCUT2D eigenvalue weighted by atomic mass is 19.4. The van der Waals surface area contributed by atoms with E-state index in [4.69, 9.17) is 4.74 Å². The highest BCUT2D eigenvalue weighted by Gasteiger charge is 2.48. The molecule has 0 radical (unpaired) electrons. The molecule has 6 heteroatoms. The van der Waals surface area contributed by atoms with Gasteiger partial charge in [0.15, 0.2) is 0 Å². The SMILES string of the molecule is CCOC(=O)[C@H]1C[C@@H]1C(=O)CCc1cccc(C(F)(F)F)c1. The monoisotopic (exact) mass is 314 g/mol. The fourth-order valence-electron chi connectivity index (χ4n) is 2.42. The molecule has 1 aromatic carbocycles. The lowest BCUT2D eigenvalue weighted by atomic mass is 10.0. The van der Waals surface area contributed by atoms with E-state index in [1.807, 2.05) is 0 Å². The largest absolute Gasteiger partial charge is 0.466 e. The third-order valence-electron chi connectivity index (χ3n) is 3.71. The van der Waals surface area contributed by atoms with Gasteiger partial charge in [0.1, 0.15) is 5.78 Å². The molecule has 120 valence electrons. The first kappa shape index (κ1) is 16.5. The number of benzene rings is 1. The van der Waals surface area contributed by atoms with Crippen LogP contribution in [0.5, 0.6) is 0 Å². The summed E-state index contributed by atoms with van der Waals surface area (Å²) in [5.41, 5.74) is -0.246. The highest BCUT2D eigenvalue weighted by molar-refractivity contribution is 5.91. The molecule has 0 amide bonds. The summed E-state index contributed by atoms with van der Waals surface area (Å²) in [6.07, 6.45) is -3.51. The average Bonchev–Trinajstić information content (AvgIpc) is 3.25. The molecule has 0 aliphatic heterocycles. The van der Waals surface area contributed by atoms with Gasteiger partial charge in [0.05, 0.1) is 18.1 Å². The smallest absolute Gasteiger partial charge is 0.416 e. The Bertz CT molecular complexity index is 566. The Labute approximate surface area is 126 Å². The van der Waals surface area contributed by atoms with Gasteiger partial charge in [-0.05, 0) is 31.4 Å². The molecule has 1 saturated carbocycles. The lowest BCUT2D eigenvalue weighted by Crippen LogP contribution is -2.12. The Morgan fingerprint density at radius 3 is 2.64 bits per heavy atom. The summed E-state index contributed by atoms with van der Waals surface area (Å²) in [5.74, 6) is -1.14. The van der Waals surface area contributed by atoms with Crippen LogP contribution in [0, 0.1) is 11.8 Å². The van der Waals surface area contributed by atoms with Crippen molar-refractivity contribution in [3.8, 4) is 0 Å². The first-order valence-corrected chi connectivity index (χ1v) is 7.18. The number of halogens is 3. The maximum atomic E-state index is 12.6. The molecule has 0 heterocycles. The molecule has 0 bridgehead atoms. The van der Waals surface area contributed by atoms with Crippen molar-refractivity contribution in [2.45, 2.75) is 32.4 Å². The van der Waals surface area contributed by atoms with Gasteiger partial charge in [-0.1, -0.05) is 18.2 Å². The number of aryl methyl sites for hydroxylation is 1. The lowest BCUT2D eigenvalue weighted by molar-refractivity contribution is -0.145. The molecule has 3 nitrogen and oxygen atoms in total. The number of ketones is 1. The minimum absolute atomic E-state index is 0.0875. The van der Waals surface area contributed by atoms with Gasteiger partial charge in [-0.3, -0.25) is 9.59 Å². The van der Waals surface area contributed by atoms with Crippen LogP contribution in [-0.2, 0) is 26.9 Å². The number of hydrogen-bond acceptors (Lipinski definition) is 3. The molecule has 2 rings (SSSR count). The van der Waals surface area contributed by atoms with Gasteiger partial charge < -0.3 is 4.74 Å². The number of carbonyl (C=O) groups is 2. The maximum absolute atomic E-state index is 12.6. The van der Waals surface area contributed by atoms with Crippen LogP contribution in [-0.4, -0.2) is 18.4 Å². The number of rotatable bonds is 6. The molecule has 0 spiro atoms. The predicted octanol–water partition coefficient (Wildman–Crippen LogP) is 3.41. The van der Waals surface area contributed by atoms with Crippen LogP contribution in [0.15, 0.2) is 24.3 Å². The fraction of sp³-hybridized carbons (Fsp3) is 0.500. The van der Waals surface area contributed by atoms with Gasteiger partial charge in [0.2, 0.25) is 0 Å². The highest BCUT2D eigenvalue weighted by Crippen LogP contribution is 2.41. The minimum Gasteiger partial charge on any atom is -0.466 e. The number of carbonyl (C=O) groups excluding carboxylic acids is 2. The number of hydrogen-bond donors (Lipinski definition) is 0. The van der Waals surface area contributed by atoms with Crippen LogP contribution in [0.25, 0.3) is 0 Å². The first-order valence-electron chi connectivity index (χ1n) is 7.18. The number of esters is 1. The second-order valence-corrected chi connectivity index (χ2v) is 5.37. The van der Waals surface area contributed by atoms with Crippen molar-refractivity contribution in [3.05, 3.63) is 35.4 Å². The van der Waals surface area contributed by atoms with Crippen molar-refractivity contribution in [2.75, 3.05) is 6.61 Å². The number of Topliss-reactive ketones (excluding diaryl/α,β-unsaturated/α-hetero) is 1. The van der Waals surface area contributed by atoms with Gasteiger partial charge >= 0.3 is 12.1 Å². The zero-order valence-corrected chi connectivity index (χ0v) is 12.2. The van der Waals surface area contributed by atoms with E-state index in [1.54, 1.807) is 13.0 Å². The Morgan fingerprint density at radius 1 is 1.27 bits per heavy atom. The lowest BCUT2D eigenvalue weighted by Gasteiger charge is -2.08. The van der Waals surface area contributed by atoms with Crippen LogP contribution in [0.2, 0.25) is 0 Å². The minimum atomic E-state index is -4.38. The fourth-order valence-corrected chi connectivity index (χ4v) is 2.42. The van der Waals surface area contributed by atoms with E-state index in [0.29, 0.717) is 12.0 Å². The van der Waals surface area contributed by atoms with E-state index < -0.39 is 11.7 Å². The van der Waals surface area contributed by atoms with Crippen molar-refractivity contribution in [2.24, 2.45) is 11.8 Å². The quantitative estimate of drug-likeness (QED) is 0.756. The molecular weight excluding hydrogens is 297 g/mol. The first-order chi connectivity index (χ1) is 10.3. The van der Waals surface area contributed by atoms with E-state index in [9.17, 15) is 22.8 Å². The standard InChI is InChI=1S/C16H17F3O3/c1-2-22-15(21)13-9-12(13)14(20)7-6-10-4-3-5-11(8-10)16(17,18)19/h3-5,8,12-13H,2,6-7,9H2,1H3/t12-,13-/m0/s1. The Hall–Kier alpha value is -1.85. The summed E-state index contributed by atoms with van der Waals surface area (Å²) in [6, 6.07) is 4.96. The van der Waals surface area contributed by atoms with Crippen molar-refractivity contribution < 1.29 is 27.5 Å². The third kappa shape index (κ3) is 4.08. The molecule has 0 saturated heterocycles. The van der Waals surface area contributed by atoms with Crippen LogP contribution in [0.3, 0.4) is 0 Å². The third-order valence-corrected chi connectivity index (χ3v) is 3.71. The number of ether oxygens (including phenoxy) is 1. The van der Waals surface area contributed by atoms with Crippen LogP contribution in [0.4, 0.5) is 13.2 Å². The second-order valence-electron chi connectivity index (χ2n) is 5.37. The summed E-state index contributed by atoms with van der Waals surface area (Å²) in [4.78, 5) is 23.4. The number of alkyl halides is 3. The maximum Gasteiger partial charge on any atom is 0.416 e. The van der Waals surface area contributed by atoms with Gasteiger partial charge in [0, 0.05) is 12.3 Å². The Morgan fingerprint density at radius 2 is 2.00 bits per heavy atom. The second kappa shape index (κ2) is 6.50. The average molecular weight is 314 g/mol. The van der Waals surface area contributed by atoms with Gasteiger partial charge in [0.25, 0.3) is 0 Å². The molecule has 22 heavy (non-hydrogen) atoms. The van der Waals surface area contributed by atoms with E-state index in [-0.39, 0.29) is 43.0 Å². The molecule has 1 aliphatic carbocycles. The van der Waals surface area contributed by atoms with E-state index in [1.165, 1.54) is 6.07 Å². The molecule has 1 fully saturated rings. The van der Waals surface area contributed by atoms with Crippen LogP contribution < -0.4 is 0 Å². The van der Waals surface area contributed by atoms with E-state index in [0.717, 1.165) is 12.1 Å².